The molecule has 2 heterocycles. The third-order valence-electron chi connectivity index (χ3n) is 12.8. The van der Waals surface area contributed by atoms with Crippen LogP contribution >= 0.6 is 0 Å². The van der Waals surface area contributed by atoms with Gasteiger partial charge in [-0.1, -0.05) is 156 Å². The molecule has 74 heavy (non-hydrogen) atoms. The number of ether oxygens (including phenoxy) is 8. The van der Waals surface area contributed by atoms with Gasteiger partial charge in [-0.3, -0.25) is 4.90 Å². The lowest BCUT2D eigenvalue weighted by Crippen LogP contribution is -2.63. The fourth-order valence-electron chi connectivity index (χ4n) is 9.03. The van der Waals surface area contributed by atoms with Crippen molar-refractivity contribution in [2.24, 2.45) is 0 Å². The van der Waals surface area contributed by atoms with Crippen molar-refractivity contribution < 1.29 is 61.9 Å². The lowest BCUT2D eigenvalue weighted by atomic mass is 9.97. The van der Waals surface area contributed by atoms with Crippen molar-refractivity contribution >= 4 is 30.0 Å². The SMILES string of the molecule is CCCCCCCCCCCCC/C=C/[C@H]1OC(C)(C)N(C(=O)OC(C)(C)C)[C@H]1CO[C@H]1OC(COC(=O)c2ccccc2)[C@@H](OC(=O)c2ccccc2)C(OC(=O)c2ccccc2)C1OC(=O)c1ccccc1. The summed E-state index contributed by atoms with van der Waals surface area (Å²) in [5.41, 5.74) is -1.35. The second-order valence-corrected chi connectivity index (χ2v) is 20.2. The zero-order valence-electron chi connectivity index (χ0n) is 43.9. The number of hydrogen-bond acceptors (Lipinski definition) is 13. The van der Waals surface area contributed by atoms with Gasteiger partial charge in [-0.05, 0) is 96.0 Å². The van der Waals surface area contributed by atoms with E-state index in [0.717, 1.165) is 25.7 Å². The molecule has 2 aliphatic rings. The minimum absolute atomic E-state index is 0.144. The monoisotopic (exact) mass is 1020 g/mol. The number of unbranched alkanes of at least 4 members (excludes halogenated alkanes) is 11. The van der Waals surface area contributed by atoms with Crippen molar-refractivity contribution in [2.75, 3.05) is 13.2 Å². The summed E-state index contributed by atoms with van der Waals surface area (Å²) in [4.78, 5) is 71.7. The first-order valence-electron chi connectivity index (χ1n) is 26.3. The van der Waals surface area contributed by atoms with E-state index in [1.54, 1.807) is 156 Å². The van der Waals surface area contributed by atoms with Gasteiger partial charge in [0.05, 0.1) is 34.9 Å². The summed E-state index contributed by atoms with van der Waals surface area (Å²) in [6.45, 7) is 10.3. The van der Waals surface area contributed by atoms with Gasteiger partial charge in [-0.25, -0.2) is 24.0 Å². The number of carbonyl (C=O) groups excluding carboxylic acids is 5. The second-order valence-electron chi connectivity index (χ2n) is 20.2. The average Bonchev–Trinajstić information content (AvgIpc) is 3.66. The zero-order valence-corrected chi connectivity index (χ0v) is 43.9. The molecular formula is C60H75NO13. The van der Waals surface area contributed by atoms with Crippen molar-refractivity contribution in [1.82, 2.24) is 4.90 Å². The molecule has 0 bridgehead atoms. The van der Waals surface area contributed by atoms with Crippen LogP contribution in [0.1, 0.15) is 160 Å². The van der Waals surface area contributed by atoms with Crippen LogP contribution in [0.3, 0.4) is 0 Å². The van der Waals surface area contributed by atoms with Gasteiger partial charge >= 0.3 is 30.0 Å². The van der Waals surface area contributed by atoms with Crippen molar-refractivity contribution in [3.05, 3.63) is 156 Å². The highest BCUT2D eigenvalue weighted by Gasteiger charge is 2.56. The summed E-state index contributed by atoms with van der Waals surface area (Å²) < 4.78 is 50.5. The van der Waals surface area contributed by atoms with E-state index in [1.807, 2.05) is 6.08 Å². The Balaban J connectivity index is 1.33. The van der Waals surface area contributed by atoms with Crippen molar-refractivity contribution in [1.29, 1.82) is 0 Å². The smallest absolute Gasteiger partial charge is 0.413 e. The van der Waals surface area contributed by atoms with Gasteiger partial charge in [-0.15, -0.1) is 0 Å². The Labute approximate surface area is 437 Å². The second kappa shape index (κ2) is 28.4. The van der Waals surface area contributed by atoms with Gasteiger partial charge in [-0.2, -0.15) is 0 Å². The number of hydrogen-bond donors (Lipinski definition) is 0. The van der Waals surface area contributed by atoms with E-state index < -0.39 is 90.8 Å². The third kappa shape index (κ3) is 17.1. The van der Waals surface area contributed by atoms with E-state index in [9.17, 15) is 24.0 Å². The summed E-state index contributed by atoms with van der Waals surface area (Å²) in [6, 6.07) is 31.9. The number of rotatable bonds is 25. The maximum absolute atomic E-state index is 14.2. The molecule has 0 aromatic heterocycles. The first-order chi connectivity index (χ1) is 35.6. The molecule has 2 saturated heterocycles. The van der Waals surface area contributed by atoms with Gasteiger partial charge in [0, 0.05) is 0 Å². The van der Waals surface area contributed by atoms with E-state index >= 15 is 0 Å². The zero-order chi connectivity index (χ0) is 52.9. The molecule has 4 aromatic rings. The van der Waals surface area contributed by atoms with E-state index in [1.165, 1.54) is 56.3 Å². The van der Waals surface area contributed by atoms with Crippen LogP contribution in [-0.4, -0.2) is 102 Å². The van der Waals surface area contributed by atoms with Crippen LogP contribution in [0.25, 0.3) is 0 Å². The number of carbonyl (C=O) groups is 5. The maximum atomic E-state index is 14.2. The minimum atomic E-state index is -1.64. The maximum Gasteiger partial charge on any atom is 0.413 e. The van der Waals surface area contributed by atoms with Gasteiger partial charge in [0.15, 0.2) is 24.6 Å². The van der Waals surface area contributed by atoms with Crippen molar-refractivity contribution in [3.63, 3.8) is 0 Å². The highest BCUT2D eigenvalue weighted by Crippen LogP contribution is 2.37. The van der Waals surface area contributed by atoms with Gasteiger partial charge in [0.25, 0.3) is 0 Å². The molecule has 4 aromatic carbocycles. The molecule has 0 radical (unpaired) electrons. The van der Waals surface area contributed by atoms with Crippen LogP contribution < -0.4 is 0 Å². The molecule has 1 amide bonds. The Morgan fingerprint density at radius 1 is 0.568 bits per heavy atom. The van der Waals surface area contributed by atoms with Crippen LogP contribution in [0.2, 0.25) is 0 Å². The van der Waals surface area contributed by atoms with Crippen LogP contribution in [0.4, 0.5) is 4.79 Å². The molecule has 14 nitrogen and oxygen atoms in total. The summed E-state index contributed by atoms with van der Waals surface area (Å²) >= 11 is 0. The molecule has 398 valence electrons. The van der Waals surface area contributed by atoms with Crippen molar-refractivity contribution in [2.45, 2.75) is 173 Å². The Morgan fingerprint density at radius 3 is 1.47 bits per heavy atom. The minimum Gasteiger partial charge on any atom is -0.459 e. The molecule has 0 N–H and O–H groups in total. The first-order valence-corrected chi connectivity index (χ1v) is 26.3. The number of allylic oxidation sites excluding steroid dienone is 1. The molecule has 7 atom stereocenters. The third-order valence-corrected chi connectivity index (χ3v) is 12.8. The lowest BCUT2D eigenvalue weighted by Gasteiger charge is -2.44. The fraction of sp³-hybridized carbons (Fsp3) is 0.483. The summed E-state index contributed by atoms with van der Waals surface area (Å²) in [6.07, 6.45) is 9.10. The molecule has 2 aliphatic heterocycles. The van der Waals surface area contributed by atoms with Crippen LogP contribution in [-0.2, 0) is 37.9 Å². The van der Waals surface area contributed by atoms with Gasteiger partial charge in [0.2, 0.25) is 0 Å². The summed E-state index contributed by atoms with van der Waals surface area (Å²) in [5, 5.41) is 0. The molecule has 6 rings (SSSR count). The number of esters is 4. The summed E-state index contributed by atoms with van der Waals surface area (Å²) in [5.74, 6) is -3.22. The highest BCUT2D eigenvalue weighted by molar-refractivity contribution is 5.91. The lowest BCUT2D eigenvalue weighted by molar-refractivity contribution is -0.300. The fourth-order valence-corrected chi connectivity index (χ4v) is 9.03. The van der Waals surface area contributed by atoms with E-state index in [2.05, 4.69) is 13.0 Å². The van der Waals surface area contributed by atoms with E-state index in [0.29, 0.717) is 0 Å². The largest absolute Gasteiger partial charge is 0.459 e. The molecule has 0 spiro atoms. The van der Waals surface area contributed by atoms with Gasteiger partial charge < -0.3 is 37.9 Å². The molecular weight excluding hydrogens is 943 g/mol. The van der Waals surface area contributed by atoms with E-state index in [4.69, 9.17) is 37.9 Å². The predicted molar refractivity (Wildman–Crippen MR) is 279 cm³/mol. The molecule has 0 aliphatic carbocycles. The normalized spacial score (nSPS) is 21.4. The molecule has 2 fully saturated rings. The van der Waals surface area contributed by atoms with Crippen LogP contribution in [0.15, 0.2) is 133 Å². The van der Waals surface area contributed by atoms with Gasteiger partial charge in [0.1, 0.15) is 30.1 Å². The Morgan fingerprint density at radius 2 is 1.00 bits per heavy atom. The van der Waals surface area contributed by atoms with Crippen LogP contribution in [0.5, 0.6) is 0 Å². The number of nitrogens with zero attached hydrogens (tertiary/aromatic N) is 1. The standard InChI is InChI=1S/C60H75NO13/c1-7-8-9-10-11-12-13-14-15-16-17-18-31-40-48-47(61(60(5,6)73-48)58(66)74-59(2,3)4)41-68-57-52(72-56(65)46-38-29-22-30-39-46)51(71-55(64)45-36-27-21-28-37-45)50(70-54(63)44-34-25-20-26-35-44)49(69-57)42-67-53(62)43-32-23-19-24-33-43/h19-40,47-52,57H,7-18,41-42H2,1-6H3/b40-31+/t47-,48+,49?,50+,51?,52?,57-/m0/s1. The quantitative estimate of drug-likeness (QED) is 0.0267. The topological polar surface area (TPSA) is 162 Å². The first kappa shape index (κ1) is 56.9. The molecule has 3 unspecified atom stereocenters. The van der Waals surface area contributed by atoms with Crippen molar-refractivity contribution in [3.8, 4) is 0 Å². The number of amides is 1. The Hall–Kier alpha value is -6.35. The molecule has 0 saturated carbocycles. The van der Waals surface area contributed by atoms with E-state index in [-0.39, 0.29) is 28.9 Å². The number of benzene rings is 4. The molecule has 14 heteroatoms. The Bertz CT molecular complexity index is 2390. The average molecular weight is 1020 g/mol. The summed E-state index contributed by atoms with van der Waals surface area (Å²) in [7, 11) is 0. The van der Waals surface area contributed by atoms with Crippen LogP contribution in [0, 0.1) is 0 Å². The Kier molecular flexibility index (Phi) is 21.8. The predicted octanol–water partition coefficient (Wildman–Crippen LogP) is 12.3. The highest BCUT2D eigenvalue weighted by atomic mass is 16.7.